The second-order valence-corrected chi connectivity index (χ2v) is 2.77. The normalized spacial score (nSPS) is 9.42. The number of rotatable bonds is 2. The lowest BCUT2D eigenvalue weighted by Crippen LogP contribution is -2.23. The van der Waals surface area contributed by atoms with Crippen LogP contribution in [0.5, 0.6) is 0 Å². The zero-order chi connectivity index (χ0) is 8.97. The van der Waals surface area contributed by atoms with Gasteiger partial charge in [0.1, 0.15) is 5.69 Å². The number of amides is 1. The molecule has 1 aromatic heterocycles. The molecule has 0 atom stereocenters. The van der Waals surface area contributed by atoms with Crippen molar-refractivity contribution in [2.24, 2.45) is 0 Å². The van der Waals surface area contributed by atoms with E-state index in [-0.39, 0.29) is 5.91 Å². The average Bonchev–Trinajstić information content (AvgIpc) is 2.05. The number of carbonyl (C=O) groups excluding carboxylic acids is 1. The molecule has 64 valence electrons. The van der Waals surface area contributed by atoms with E-state index < -0.39 is 0 Å². The van der Waals surface area contributed by atoms with Crippen LogP contribution in [-0.4, -0.2) is 17.4 Å². The minimum Gasteiger partial charge on any atom is -0.357 e. The molecule has 1 rings (SSSR count). The number of pyridine rings is 1. The van der Waals surface area contributed by atoms with Gasteiger partial charge in [0.2, 0.25) is 0 Å². The smallest absolute Gasteiger partial charge is 0.267 e. The van der Waals surface area contributed by atoms with Gasteiger partial charge in [-0.05, 0) is 19.1 Å². The Labute approximate surface area is 75.8 Å². The molecule has 0 fully saturated rings. The first kappa shape index (κ1) is 8.93. The summed E-state index contributed by atoms with van der Waals surface area (Å²) in [4.78, 5) is 14.0. The number of H-pyrrole nitrogens is 1. The summed E-state index contributed by atoms with van der Waals surface area (Å²) in [5, 5.41) is 2.67. The van der Waals surface area contributed by atoms with Crippen LogP contribution in [0.3, 0.4) is 0 Å². The molecule has 1 aromatic rings. The third-order valence-corrected chi connectivity index (χ3v) is 1.61. The number of aromatic nitrogens is 1. The average molecular weight is 182 g/mol. The second kappa shape index (κ2) is 4.01. The molecule has 3 nitrogen and oxygen atoms in total. The lowest BCUT2D eigenvalue weighted by Gasteiger charge is -2.00. The number of hydrogen-bond donors (Lipinski definition) is 2. The van der Waals surface area contributed by atoms with Crippen molar-refractivity contribution < 1.29 is 4.79 Å². The zero-order valence-corrected chi connectivity index (χ0v) is 7.57. The lowest BCUT2D eigenvalue weighted by molar-refractivity contribution is 0.0951. The Balaban J connectivity index is 2.88. The van der Waals surface area contributed by atoms with E-state index in [1.54, 1.807) is 18.3 Å². The Hall–Kier alpha value is -1.16. The topological polar surface area (TPSA) is 44.9 Å². The molecule has 4 heteroatoms. The first-order valence-electron chi connectivity index (χ1n) is 3.71. The summed E-state index contributed by atoms with van der Waals surface area (Å²) in [6.45, 7) is 2.49. The van der Waals surface area contributed by atoms with Gasteiger partial charge < -0.3 is 10.3 Å². The summed E-state index contributed by atoms with van der Waals surface area (Å²) < 4.78 is 0.662. The van der Waals surface area contributed by atoms with Crippen LogP contribution in [0, 0.1) is 4.51 Å². The fourth-order valence-corrected chi connectivity index (χ4v) is 1.02. The van der Waals surface area contributed by atoms with Crippen molar-refractivity contribution in [3.8, 4) is 0 Å². The maximum Gasteiger partial charge on any atom is 0.267 e. The molecule has 0 bridgehead atoms. The number of hydrogen-bond acceptors (Lipinski definition) is 2. The van der Waals surface area contributed by atoms with Gasteiger partial charge in [-0.2, -0.15) is 0 Å². The zero-order valence-electron chi connectivity index (χ0n) is 6.76. The van der Waals surface area contributed by atoms with Crippen LogP contribution in [0.4, 0.5) is 0 Å². The van der Waals surface area contributed by atoms with Crippen molar-refractivity contribution in [2.45, 2.75) is 6.92 Å². The Kier molecular flexibility index (Phi) is 2.99. The number of nitrogens with one attached hydrogen (secondary N) is 2. The SMILES string of the molecule is CCNC(=O)c1cc(=S)cc[nH]1. The van der Waals surface area contributed by atoms with Crippen LogP contribution >= 0.6 is 12.2 Å². The van der Waals surface area contributed by atoms with Gasteiger partial charge in [-0.1, -0.05) is 12.2 Å². The predicted octanol–water partition coefficient (Wildman–Crippen LogP) is 1.49. The van der Waals surface area contributed by atoms with E-state index in [9.17, 15) is 4.79 Å². The molecule has 1 amide bonds. The molecular weight excluding hydrogens is 172 g/mol. The van der Waals surface area contributed by atoms with Gasteiger partial charge in [0.15, 0.2) is 0 Å². The van der Waals surface area contributed by atoms with Gasteiger partial charge in [-0.3, -0.25) is 4.79 Å². The predicted molar refractivity (Wildman–Crippen MR) is 49.6 cm³/mol. The standard InChI is InChI=1S/C8H10N2OS/c1-2-9-8(11)7-5-6(12)3-4-10-7/h3-5H,2H2,1H3,(H,9,11)(H,10,12). The molecule has 0 aliphatic rings. The fraction of sp³-hybridized carbons (Fsp3) is 0.250. The number of aromatic amines is 1. The van der Waals surface area contributed by atoms with Crippen molar-refractivity contribution in [2.75, 3.05) is 6.54 Å². The third kappa shape index (κ3) is 2.17. The van der Waals surface area contributed by atoms with Gasteiger partial charge in [-0.15, -0.1) is 0 Å². The summed E-state index contributed by atoms with van der Waals surface area (Å²) in [6.07, 6.45) is 1.66. The Morgan fingerprint density at radius 1 is 1.75 bits per heavy atom. The van der Waals surface area contributed by atoms with E-state index in [0.29, 0.717) is 16.7 Å². The minimum absolute atomic E-state index is 0.121. The summed E-state index contributed by atoms with van der Waals surface area (Å²) >= 11 is 4.90. The molecule has 0 aliphatic heterocycles. The Morgan fingerprint density at radius 2 is 2.50 bits per heavy atom. The quantitative estimate of drug-likeness (QED) is 0.681. The molecule has 12 heavy (non-hydrogen) atoms. The molecule has 0 spiro atoms. The van der Waals surface area contributed by atoms with Gasteiger partial charge in [0.25, 0.3) is 5.91 Å². The van der Waals surface area contributed by atoms with E-state index in [4.69, 9.17) is 12.2 Å². The van der Waals surface area contributed by atoms with E-state index >= 15 is 0 Å². The summed E-state index contributed by atoms with van der Waals surface area (Å²) in [5.74, 6) is -0.121. The molecule has 0 radical (unpaired) electrons. The second-order valence-electron chi connectivity index (χ2n) is 2.30. The van der Waals surface area contributed by atoms with Crippen molar-refractivity contribution >= 4 is 18.1 Å². The first-order chi connectivity index (χ1) is 5.74. The van der Waals surface area contributed by atoms with Crippen molar-refractivity contribution in [3.63, 3.8) is 0 Å². The summed E-state index contributed by atoms with van der Waals surface area (Å²) in [7, 11) is 0. The molecule has 2 N–H and O–H groups in total. The molecule has 0 saturated heterocycles. The molecule has 0 aliphatic carbocycles. The Bertz CT molecular complexity index is 332. The maximum absolute atomic E-state index is 11.2. The van der Waals surface area contributed by atoms with Crippen LogP contribution in [-0.2, 0) is 0 Å². The van der Waals surface area contributed by atoms with Crippen molar-refractivity contribution in [3.05, 3.63) is 28.5 Å². The minimum atomic E-state index is -0.121. The molecular formula is C8H10N2OS. The van der Waals surface area contributed by atoms with Gasteiger partial charge in [-0.25, -0.2) is 0 Å². The van der Waals surface area contributed by atoms with E-state index in [1.165, 1.54) is 0 Å². The molecule has 0 aromatic carbocycles. The van der Waals surface area contributed by atoms with E-state index in [0.717, 1.165) is 0 Å². The molecule has 0 unspecified atom stereocenters. The summed E-state index contributed by atoms with van der Waals surface area (Å²) in [6, 6.07) is 3.37. The van der Waals surface area contributed by atoms with Crippen molar-refractivity contribution in [1.82, 2.24) is 10.3 Å². The van der Waals surface area contributed by atoms with Crippen molar-refractivity contribution in [1.29, 1.82) is 0 Å². The Morgan fingerprint density at radius 3 is 3.08 bits per heavy atom. The van der Waals surface area contributed by atoms with Crippen LogP contribution < -0.4 is 5.32 Å². The highest BCUT2D eigenvalue weighted by molar-refractivity contribution is 7.71. The fourth-order valence-electron chi connectivity index (χ4n) is 0.832. The monoisotopic (exact) mass is 182 g/mol. The largest absolute Gasteiger partial charge is 0.357 e. The van der Waals surface area contributed by atoms with Gasteiger partial charge in [0.05, 0.1) is 0 Å². The van der Waals surface area contributed by atoms with Gasteiger partial charge >= 0.3 is 0 Å². The molecule has 1 heterocycles. The van der Waals surface area contributed by atoms with Crippen LogP contribution in [0.1, 0.15) is 17.4 Å². The van der Waals surface area contributed by atoms with Gasteiger partial charge in [0, 0.05) is 17.3 Å². The van der Waals surface area contributed by atoms with E-state index in [1.807, 2.05) is 6.92 Å². The number of carbonyl (C=O) groups is 1. The van der Waals surface area contributed by atoms with Crippen LogP contribution in [0.25, 0.3) is 0 Å². The van der Waals surface area contributed by atoms with E-state index in [2.05, 4.69) is 10.3 Å². The lowest BCUT2D eigenvalue weighted by atomic mass is 10.3. The van der Waals surface area contributed by atoms with Crippen LogP contribution in [0.2, 0.25) is 0 Å². The van der Waals surface area contributed by atoms with Crippen LogP contribution in [0.15, 0.2) is 18.3 Å². The highest BCUT2D eigenvalue weighted by Crippen LogP contribution is 1.95. The highest BCUT2D eigenvalue weighted by Gasteiger charge is 2.01. The first-order valence-corrected chi connectivity index (χ1v) is 4.12. The highest BCUT2D eigenvalue weighted by atomic mass is 32.1. The third-order valence-electron chi connectivity index (χ3n) is 1.35. The molecule has 0 saturated carbocycles. The maximum atomic E-state index is 11.2. The summed E-state index contributed by atoms with van der Waals surface area (Å²) in [5.41, 5.74) is 0.504.